The van der Waals surface area contributed by atoms with Gasteiger partial charge >= 0.3 is 6.85 Å². The molecule has 3 heterocycles. The molecule has 2 aromatic rings. The number of nitrogens with zero attached hydrogens (tertiary/aromatic N) is 3. The second-order valence-electron chi connectivity index (χ2n) is 5.05. The summed E-state index contributed by atoms with van der Waals surface area (Å²) in [5.41, 5.74) is 4.84. The van der Waals surface area contributed by atoms with Crippen LogP contribution in [0, 0.1) is 0 Å². The summed E-state index contributed by atoms with van der Waals surface area (Å²) in [6.45, 7) is 2.44. The molecular formula is C15H17BN3+. The predicted octanol–water partition coefficient (Wildman–Crippen LogP) is 1.20. The van der Waals surface area contributed by atoms with Gasteiger partial charge in [0, 0.05) is 12.3 Å². The van der Waals surface area contributed by atoms with E-state index in [1.807, 2.05) is 12.3 Å². The fraction of sp³-hybridized carbons (Fsp3) is 0.200. The Labute approximate surface area is 114 Å². The maximum atomic E-state index is 4.45. The molecule has 0 N–H and O–H groups in total. The highest BCUT2D eigenvalue weighted by Gasteiger charge is 2.36. The molecule has 94 valence electrons. The van der Waals surface area contributed by atoms with Crippen LogP contribution in [0.2, 0.25) is 0 Å². The van der Waals surface area contributed by atoms with Gasteiger partial charge in [0.05, 0.1) is 11.4 Å². The number of aryl methyl sites for hydroxylation is 1. The number of hydrogen-bond donors (Lipinski definition) is 0. The van der Waals surface area contributed by atoms with Crippen LogP contribution >= 0.6 is 0 Å². The van der Waals surface area contributed by atoms with Crippen molar-refractivity contribution < 1.29 is 4.57 Å². The minimum atomic E-state index is 0.267. The molecule has 0 bridgehead atoms. The Morgan fingerprint density at radius 1 is 1.21 bits per heavy atom. The molecule has 3 rings (SSSR count). The second-order valence-corrected chi connectivity index (χ2v) is 5.05. The molecule has 0 radical (unpaired) electrons. The van der Waals surface area contributed by atoms with Crippen LogP contribution in [-0.2, 0) is 7.05 Å². The Balaban J connectivity index is 2.13. The highest BCUT2D eigenvalue weighted by Crippen LogP contribution is 2.27. The molecule has 2 aromatic heterocycles. The van der Waals surface area contributed by atoms with Gasteiger partial charge in [-0.25, -0.2) is 4.57 Å². The fourth-order valence-corrected chi connectivity index (χ4v) is 2.81. The zero-order chi connectivity index (χ0) is 13.4. The molecule has 0 spiro atoms. The maximum Gasteiger partial charge on any atom is 0.399 e. The number of hydrogen-bond acceptors (Lipinski definition) is 2. The van der Waals surface area contributed by atoms with Gasteiger partial charge in [-0.05, 0) is 38.2 Å². The maximum absolute atomic E-state index is 4.45. The lowest BCUT2D eigenvalue weighted by atomic mass is 9.49. The van der Waals surface area contributed by atoms with Crippen molar-refractivity contribution >= 4 is 24.2 Å². The SMILES string of the molecule is CC1=Cc2ncccc2N(C)B1c1cccc[n+]1C. The van der Waals surface area contributed by atoms with E-state index in [0.717, 1.165) is 5.69 Å². The summed E-state index contributed by atoms with van der Waals surface area (Å²) >= 11 is 0. The Morgan fingerprint density at radius 2 is 2.05 bits per heavy atom. The van der Waals surface area contributed by atoms with Crippen LogP contribution in [0.5, 0.6) is 0 Å². The van der Waals surface area contributed by atoms with Crippen molar-refractivity contribution in [2.24, 2.45) is 7.05 Å². The summed E-state index contributed by atoms with van der Waals surface area (Å²) in [6, 6.07) is 10.4. The predicted molar refractivity (Wildman–Crippen MR) is 79.3 cm³/mol. The molecule has 0 fully saturated rings. The van der Waals surface area contributed by atoms with Gasteiger partial charge in [-0.1, -0.05) is 11.5 Å². The molecule has 19 heavy (non-hydrogen) atoms. The fourth-order valence-electron chi connectivity index (χ4n) is 2.81. The van der Waals surface area contributed by atoms with E-state index in [1.54, 1.807) is 0 Å². The van der Waals surface area contributed by atoms with Crippen molar-refractivity contribution in [2.45, 2.75) is 6.92 Å². The lowest BCUT2D eigenvalue weighted by molar-refractivity contribution is -0.654. The van der Waals surface area contributed by atoms with Crippen molar-refractivity contribution in [2.75, 3.05) is 11.9 Å². The average molecular weight is 250 g/mol. The third kappa shape index (κ3) is 1.93. The van der Waals surface area contributed by atoms with Crippen LogP contribution < -0.4 is 15.0 Å². The van der Waals surface area contributed by atoms with Crippen LogP contribution in [0.4, 0.5) is 5.69 Å². The molecule has 0 aliphatic carbocycles. The van der Waals surface area contributed by atoms with E-state index in [9.17, 15) is 0 Å². The van der Waals surface area contributed by atoms with Crippen LogP contribution in [0.25, 0.3) is 6.08 Å². The standard InChI is InChI=1S/C15H17BN3/c1-12-11-13-14(7-6-9-17-13)19(3)16(12)15-8-4-5-10-18(15)2/h4-11H,1-3H3/q+1. The molecule has 0 aromatic carbocycles. The quantitative estimate of drug-likeness (QED) is 0.559. The molecule has 0 amide bonds. The second kappa shape index (κ2) is 4.54. The van der Waals surface area contributed by atoms with Crippen molar-refractivity contribution in [1.82, 2.24) is 4.98 Å². The van der Waals surface area contributed by atoms with Crippen LogP contribution in [-0.4, -0.2) is 18.9 Å². The normalized spacial score (nSPS) is 14.2. The smallest absolute Gasteiger partial charge is 0.399 e. The lowest BCUT2D eigenvalue weighted by Gasteiger charge is -2.30. The number of allylic oxidation sites excluding steroid dienone is 1. The molecule has 1 aliphatic heterocycles. The highest BCUT2D eigenvalue weighted by atomic mass is 15.1. The molecular weight excluding hydrogens is 233 g/mol. The van der Waals surface area contributed by atoms with Gasteiger partial charge in [-0.3, -0.25) is 4.98 Å². The van der Waals surface area contributed by atoms with Gasteiger partial charge in [-0.2, -0.15) is 0 Å². The van der Waals surface area contributed by atoms with Crippen LogP contribution in [0.1, 0.15) is 12.6 Å². The van der Waals surface area contributed by atoms with Crippen LogP contribution in [0.15, 0.2) is 48.2 Å². The monoisotopic (exact) mass is 250 g/mol. The molecule has 4 heteroatoms. The number of fused-ring (bicyclic) bond motifs is 1. The topological polar surface area (TPSA) is 20.0 Å². The van der Waals surface area contributed by atoms with E-state index in [2.05, 4.69) is 71.9 Å². The van der Waals surface area contributed by atoms with E-state index in [1.165, 1.54) is 16.8 Å². The number of rotatable bonds is 1. The van der Waals surface area contributed by atoms with E-state index < -0.39 is 0 Å². The summed E-state index contributed by atoms with van der Waals surface area (Å²) in [4.78, 5) is 6.74. The zero-order valence-corrected chi connectivity index (χ0v) is 11.5. The number of aromatic nitrogens is 2. The van der Waals surface area contributed by atoms with Crippen LogP contribution in [0.3, 0.4) is 0 Å². The van der Waals surface area contributed by atoms with Crippen molar-refractivity contribution in [3.05, 3.63) is 53.9 Å². The van der Waals surface area contributed by atoms with Gasteiger partial charge in [0.25, 0.3) is 0 Å². The summed E-state index contributed by atoms with van der Waals surface area (Å²) in [5.74, 6) is 0. The van der Waals surface area contributed by atoms with E-state index in [4.69, 9.17) is 0 Å². The van der Waals surface area contributed by atoms with E-state index in [0.29, 0.717) is 0 Å². The summed E-state index contributed by atoms with van der Waals surface area (Å²) < 4.78 is 2.18. The first-order valence-corrected chi connectivity index (χ1v) is 6.49. The largest absolute Gasteiger partial charge is 0.403 e. The first-order valence-electron chi connectivity index (χ1n) is 6.49. The summed E-state index contributed by atoms with van der Waals surface area (Å²) in [5, 5.41) is 0. The Kier molecular flexibility index (Phi) is 2.86. The molecule has 1 aliphatic rings. The van der Waals surface area contributed by atoms with Crippen molar-refractivity contribution in [1.29, 1.82) is 0 Å². The third-order valence-corrected chi connectivity index (χ3v) is 3.75. The minimum Gasteiger partial charge on any atom is -0.403 e. The Hall–Kier alpha value is -2.10. The summed E-state index contributed by atoms with van der Waals surface area (Å²) in [6.07, 6.45) is 6.13. The lowest BCUT2D eigenvalue weighted by Crippen LogP contribution is -2.62. The van der Waals surface area contributed by atoms with Crippen molar-refractivity contribution in [3.63, 3.8) is 0 Å². The molecule has 3 nitrogen and oxygen atoms in total. The van der Waals surface area contributed by atoms with E-state index in [-0.39, 0.29) is 6.85 Å². The first-order chi connectivity index (χ1) is 9.18. The highest BCUT2D eigenvalue weighted by molar-refractivity contribution is 6.82. The Morgan fingerprint density at radius 3 is 2.84 bits per heavy atom. The molecule has 0 saturated carbocycles. The van der Waals surface area contributed by atoms with Gasteiger partial charge in [-0.15, -0.1) is 0 Å². The van der Waals surface area contributed by atoms with Gasteiger partial charge in [0.2, 0.25) is 0 Å². The first kappa shape index (κ1) is 12.0. The Bertz CT molecular complexity index is 651. The molecule has 0 unspecified atom stereocenters. The zero-order valence-electron chi connectivity index (χ0n) is 11.5. The van der Waals surface area contributed by atoms with E-state index >= 15 is 0 Å². The molecule has 0 atom stereocenters. The number of pyridine rings is 2. The summed E-state index contributed by atoms with van der Waals surface area (Å²) in [7, 11) is 4.23. The number of anilines is 1. The van der Waals surface area contributed by atoms with Gasteiger partial charge in [0.15, 0.2) is 11.8 Å². The average Bonchev–Trinajstić information content (AvgIpc) is 2.41. The third-order valence-electron chi connectivity index (χ3n) is 3.75. The van der Waals surface area contributed by atoms with Gasteiger partial charge < -0.3 is 4.81 Å². The van der Waals surface area contributed by atoms with Gasteiger partial charge in [0.1, 0.15) is 7.05 Å². The van der Waals surface area contributed by atoms with Crippen molar-refractivity contribution in [3.8, 4) is 0 Å². The minimum absolute atomic E-state index is 0.267. The molecule has 0 saturated heterocycles.